The molecule has 0 spiro atoms. The zero-order valence-electron chi connectivity index (χ0n) is 8.07. The second kappa shape index (κ2) is 3.98. The number of alkyl halides is 1. The van der Waals surface area contributed by atoms with E-state index < -0.39 is 12.1 Å². The van der Waals surface area contributed by atoms with Crippen molar-refractivity contribution in [1.82, 2.24) is 0 Å². The van der Waals surface area contributed by atoms with Crippen LogP contribution in [-0.4, -0.2) is 17.7 Å². The molecular weight excluding hydrogens is 199 g/mol. The molecule has 0 aliphatic carbocycles. The lowest BCUT2D eigenvalue weighted by Crippen LogP contribution is -2.12. The van der Waals surface area contributed by atoms with Gasteiger partial charge in [-0.15, -0.1) is 0 Å². The van der Waals surface area contributed by atoms with Crippen LogP contribution < -0.4 is 0 Å². The number of carboxylic acid groups (broad SMARTS) is 1. The fraction of sp³-hybridized carbons (Fsp3) is 0.364. The Morgan fingerprint density at radius 1 is 1.47 bits per heavy atom. The molecule has 0 saturated carbocycles. The first kappa shape index (κ1) is 10.1. The van der Waals surface area contributed by atoms with E-state index in [0.29, 0.717) is 13.2 Å². The molecule has 1 aromatic rings. The Balaban J connectivity index is 2.31. The predicted octanol–water partition coefficient (Wildman–Crippen LogP) is 1.85. The van der Waals surface area contributed by atoms with Gasteiger partial charge in [-0.2, -0.15) is 0 Å². The highest BCUT2D eigenvalue weighted by atomic mass is 19.1. The fourth-order valence-electron chi connectivity index (χ4n) is 1.68. The first-order chi connectivity index (χ1) is 7.18. The molecule has 0 aromatic heterocycles. The zero-order chi connectivity index (χ0) is 10.8. The number of rotatable bonds is 2. The summed E-state index contributed by atoms with van der Waals surface area (Å²) in [6.45, 7) is 1.14. The lowest BCUT2D eigenvalue weighted by atomic mass is 9.98. The van der Waals surface area contributed by atoms with Crippen LogP contribution in [0.25, 0.3) is 0 Å². The van der Waals surface area contributed by atoms with Gasteiger partial charge >= 0.3 is 5.97 Å². The highest BCUT2D eigenvalue weighted by Crippen LogP contribution is 2.24. The molecule has 1 unspecified atom stereocenters. The molecule has 0 bridgehead atoms. The van der Waals surface area contributed by atoms with Crippen molar-refractivity contribution >= 4 is 5.97 Å². The van der Waals surface area contributed by atoms with Gasteiger partial charge in [0.1, 0.15) is 0 Å². The topological polar surface area (TPSA) is 46.5 Å². The van der Waals surface area contributed by atoms with Gasteiger partial charge in [-0.05, 0) is 23.1 Å². The molecule has 15 heavy (non-hydrogen) atoms. The molecule has 80 valence electrons. The van der Waals surface area contributed by atoms with Crippen LogP contribution in [0, 0.1) is 0 Å². The van der Waals surface area contributed by atoms with E-state index in [1.807, 2.05) is 0 Å². The molecule has 1 N–H and O–H groups in total. The molecule has 3 nitrogen and oxygen atoms in total. The van der Waals surface area contributed by atoms with Crippen LogP contribution in [0.1, 0.15) is 22.9 Å². The maximum atomic E-state index is 13.2. The van der Waals surface area contributed by atoms with Gasteiger partial charge in [-0.3, -0.25) is 0 Å². The van der Waals surface area contributed by atoms with Crippen LogP contribution in [0.15, 0.2) is 18.2 Å². The Morgan fingerprint density at radius 3 is 3.00 bits per heavy atom. The fourth-order valence-corrected chi connectivity index (χ4v) is 1.68. The third kappa shape index (κ3) is 1.99. The smallest absolute Gasteiger partial charge is 0.343 e. The molecule has 1 atom stereocenters. The molecule has 1 aliphatic rings. The van der Waals surface area contributed by atoms with Gasteiger partial charge in [-0.25, -0.2) is 9.18 Å². The van der Waals surface area contributed by atoms with E-state index in [9.17, 15) is 9.18 Å². The maximum absolute atomic E-state index is 13.2. The first-order valence-corrected chi connectivity index (χ1v) is 4.75. The van der Waals surface area contributed by atoms with Gasteiger partial charge in [0, 0.05) is 0 Å². The average Bonchev–Trinajstić information content (AvgIpc) is 2.27. The van der Waals surface area contributed by atoms with Gasteiger partial charge in [0.2, 0.25) is 6.17 Å². The molecule has 0 saturated heterocycles. The van der Waals surface area contributed by atoms with Crippen LogP contribution in [0.2, 0.25) is 0 Å². The number of hydrogen-bond donors (Lipinski definition) is 1. The number of hydrogen-bond acceptors (Lipinski definition) is 2. The predicted molar refractivity (Wildman–Crippen MR) is 51.3 cm³/mol. The molecule has 0 radical (unpaired) electrons. The van der Waals surface area contributed by atoms with E-state index in [4.69, 9.17) is 9.84 Å². The molecule has 4 heteroatoms. The monoisotopic (exact) mass is 210 g/mol. The van der Waals surface area contributed by atoms with Crippen molar-refractivity contribution in [2.75, 3.05) is 6.61 Å². The molecule has 0 fully saturated rings. The van der Waals surface area contributed by atoms with Gasteiger partial charge in [0.25, 0.3) is 0 Å². The van der Waals surface area contributed by atoms with Crippen molar-refractivity contribution in [3.8, 4) is 0 Å². The van der Waals surface area contributed by atoms with E-state index >= 15 is 0 Å². The lowest BCUT2D eigenvalue weighted by Gasteiger charge is -2.17. The summed E-state index contributed by atoms with van der Waals surface area (Å²) in [6.07, 6.45) is -1.21. The van der Waals surface area contributed by atoms with Crippen LogP contribution in [0.3, 0.4) is 0 Å². The first-order valence-electron chi connectivity index (χ1n) is 4.75. The number of carboxylic acids is 1. The normalized spacial score (nSPS) is 16.9. The van der Waals surface area contributed by atoms with Gasteiger partial charge < -0.3 is 9.84 Å². The number of ether oxygens (including phenoxy) is 1. The van der Waals surface area contributed by atoms with E-state index in [0.717, 1.165) is 17.5 Å². The second-order valence-corrected chi connectivity index (χ2v) is 3.53. The van der Waals surface area contributed by atoms with E-state index in [1.165, 1.54) is 6.07 Å². The second-order valence-electron chi connectivity index (χ2n) is 3.53. The molecular formula is C11H11FO3. The molecule has 2 rings (SSSR count). The van der Waals surface area contributed by atoms with Gasteiger partial charge in [0.05, 0.1) is 13.2 Å². The molecule has 1 aliphatic heterocycles. The van der Waals surface area contributed by atoms with Crippen molar-refractivity contribution in [3.05, 3.63) is 34.9 Å². The van der Waals surface area contributed by atoms with Gasteiger partial charge in [-0.1, -0.05) is 18.2 Å². The Morgan fingerprint density at radius 2 is 2.27 bits per heavy atom. The van der Waals surface area contributed by atoms with E-state index in [1.54, 1.807) is 12.1 Å². The third-order valence-corrected chi connectivity index (χ3v) is 2.51. The largest absolute Gasteiger partial charge is 0.479 e. The minimum absolute atomic E-state index is 0.211. The summed E-state index contributed by atoms with van der Waals surface area (Å²) >= 11 is 0. The van der Waals surface area contributed by atoms with Crippen molar-refractivity contribution in [2.24, 2.45) is 0 Å². The Kier molecular flexibility index (Phi) is 2.68. The molecule has 0 amide bonds. The van der Waals surface area contributed by atoms with Crippen molar-refractivity contribution in [2.45, 2.75) is 19.2 Å². The zero-order valence-corrected chi connectivity index (χ0v) is 8.07. The Bertz CT molecular complexity index is 389. The standard InChI is InChI=1S/C11H11FO3/c12-10(11(13)14)8-1-2-9-6-15-4-3-7(9)5-8/h1-2,5,10H,3-4,6H2,(H,13,14). The summed E-state index contributed by atoms with van der Waals surface area (Å²) in [5, 5.41) is 8.54. The summed E-state index contributed by atoms with van der Waals surface area (Å²) < 4.78 is 18.4. The number of fused-ring (bicyclic) bond motifs is 1. The van der Waals surface area contributed by atoms with Crippen LogP contribution in [0.5, 0.6) is 0 Å². The number of aliphatic carboxylic acids is 1. The highest BCUT2D eigenvalue weighted by Gasteiger charge is 2.20. The van der Waals surface area contributed by atoms with Gasteiger partial charge in [0.15, 0.2) is 0 Å². The summed E-state index contributed by atoms with van der Waals surface area (Å²) in [7, 11) is 0. The number of halogens is 1. The SMILES string of the molecule is O=C(O)C(F)c1ccc2c(c1)CCOC2. The minimum atomic E-state index is -1.93. The Labute approximate surface area is 86.5 Å². The van der Waals surface area contributed by atoms with Crippen LogP contribution in [-0.2, 0) is 22.6 Å². The minimum Gasteiger partial charge on any atom is -0.479 e. The summed E-state index contributed by atoms with van der Waals surface area (Å²) in [5.41, 5.74) is 2.22. The Hall–Kier alpha value is -1.42. The molecule has 1 aromatic carbocycles. The number of carbonyl (C=O) groups is 1. The van der Waals surface area contributed by atoms with Crippen LogP contribution in [0.4, 0.5) is 4.39 Å². The van der Waals surface area contributed by atoms with Crippen LogP contribution >= 0.6 is 0 Å². The maximum Gasteiger partial charge on any atom is 0.343 e. The highest BCUT2D eigenvalue weighted by molar-refractivity contribution is 5.74. The summed E-state index contributed by atoms with van der Waals surface area (Å²) in [4.78, 5) is 10.5. The third-order valence-electron chi connectivity index (χ3n) is 2.51. The summed E-state index contributed by atoms with van der Waals surface area (Å²) in [6, 6.07) is 4.86. The number of benzene rings is 1. The van der Waals surface area contributed by atoms with Crippen molar-refractivity contribution in [1.29, 1.82) is 0 Å². The lowest BCUT2D eigenvalue weighted by molar-refractivity contribution is -0.143. The van der Waals surface area contributed by atoms with E-state index in [-0.39, 0.29) is 5.56 Å². The quantitative estimate of drug-likeness (QED) is 0.810. The average molecular weight is 210 g/mol. The summed E-state index contributed by atoms with van der Waals surface area (Å²) in [5.74, 6) is -1.44. The van der Waals surface area contributed by atoms with E-state index in [2.05, 4.69) is 0 Å². The van der Waals surface area contributed by atoms with Crippen molar-refractivity contribution < 1.29 is 19.0 Å². The molecule has 1 heterocycles. The van der Waals surface area contributed by atoms with Crippen molar-refractivity contribution in [3.63, 3.8) is 0 Å².